The summed E-state index contributed by atoms with van der Waals surface area (Å²) in [6, 6.07) is 13.8. The molecule has 0 unspecified atom stereocenters. The molecular weight excluding hydrogens is 172 g/mol. The monoisotopic (exact) mass is 181 g/mol. The Morgan fingerprint density at radius 1 is 1.21 bits per heavy atom. The van der Waals surface area contributed by atoms with Crippen LogP contribution in [0.4, 0.5) is 0 Å². The minimum absolute atomic E-state index is 0.636. The molecule has 0 amide bonds. The Kier molecular flexibility index (Phi) is 1.57. The molecule has 0 N–H and O–H groups in total. The van der Waals surface area contributed by atoms with Crippen molar-refractivity contribution < 1.29 is 4.74 Å². The van der Waals surface area contributed by atoms with Gasteiger partial charge in [-0.2, -0.15) is 0 Å². The highest BCUT2D eigenvalue weighted by Gasteiger charge is 2.06. The van der Waals surface area contributed by atoms with E-state index in [1.54, 1.807) is 6.26 Å². The number of ether oxygens (including phenoxy) is 1. The minimum atomic E-state index is 0.636. The van der Waals surface area contributed by atoms with Gasteiger partial charge in [0.05, 0.1) is 6.26 Å². The molecule has 1 nitrogen and oxygen atoms in total. The highest BCUT2D eigenvalue weighted by Crippen LogP contribution is 2.23. The Bertz CT molecular complexity index is 512. The molecule has 0 atom stereocenters. The second-order valence-corrected chi connectivity index (χ2v) is 3.40. The molecule has 3 rings (SSSR count). The van der Waals surface area contributed by atoms with Gasteiger partial charge in [0.2, 0.25) is 0 Å². The van der Waals surface area contributed by atoms with E-state index in [0.29, 0.717) is 6.61 Å². The lowest BCUT2D eigenvalue weighted by Crippen LogP contribution is -1.96. The summed E-state index contributed by atoms with van der Waals surface area (Å²) in [4.78, 5) is 0. The lowest BCUT2D eigenvalue weighted by atomic mass is 10.0. The Balaban J connectivity index is 2.34. The topological polar surface area (TPSA) is 9.23 Å². The first-order chi connectivity index (χ1) is 6.93. The van der Waals surface area contributed by atoms with Crippen LogP contribution in [0.15, 0.2) is 36.6 Å². The summed E-state index contributed by atoms with van der Waals surface area (Å²) in [5, 5.41) is 2.39. The average molecular weight is 181 g/mol. The second kappa shape index (κ2) is 2.88. The van der Waals surface area contributed by atoms with Crippen molar-refractivity contribution in [2.24, 2.45) is 0 Å². The molecule has 0 fully saturated rings. The smallest absolute Gasteiger partial charge is 0.114 e. The molecule has 1 aliphatic rings. The predicted molar refractivity (Wildman–Crippen MR) is 56.6 cm³/mol. The van der Waals surface area contributed by atoms with Crippen LogP contribution in [0.25, 0.3) is 16.8 Å². The van der Waals surface area contributed by atoms with E-state index in [1.807, 2.05) is 18.2 Å². The lowest BCUT2D eigenvalue weighted by Gasteiger charge is -2.12. The van der Waals surface area contributed by atoms with E-state index < -0.39 is 0 Å². The molecule has 2 aromatic carbocycles. The highest BCUT2D eigenvalue weighted by atomic mass is 16.5. The largest absolute Gasteiger partial charge is 0.496 e. The van der Waals surface area contributed by atoms with Crippen molar-refractivity contribution in [3.63, 3.8) is 0 Å². The first-order valence-corrected chi connectivity index (χ1v) is 4.65. The third kappa shape index (κ3) is 1.10. The summed E-state index contributed by atoms with van der Waals surface area (Å²) in [6.45, 7) is 0.636. The Morgan fingerprint density at radius 2 is 2.14 bits per heavy atom. The molecule has 1 aliphatic heterocycles. The normalized spacial score (nSPS) is 13.7. The molecule has 0 bridgehead atoms. The average Bonchev–Trinajstić information content (AvgIpc) is 2.26. The quantitative estimate of drug-likeness (QED) is 0.606. The second-order valence-electron chi connectivity index (χ2n) is 3.40. The van der Waals surface area contributed by atoms with Gasteiger partial charge in [0, 0.05) is 5.56 Å². The third-order valence-corrected chi connectivity index (χ3v) is 2.48. The molecule has 1 heteroatoms. The van der Waals surface area contributed by atoms with Gasteiger partial charge in [-0.15, -0.1) is 0 Å². The lowest BCUT2D eigenvalue weighted by molar-refractivity contribution is 0.234. The maximum Gasteiger partial charge on any atom is 0.114 e. The standard InChI is InChI=1S/C13H9O/c1-2-4-11-8-13-9-14-6-5-12(13)7-10(11)3-1/h1-7H,9H2. The van der Waals surface area contributed by atoms with Crippen molar-refractivity contribution in [1.29, 1.82) is 0 Å². The van der Waals surface area contributed by atoms with Gasteiger partial charge in [-0.3, -0.25) is 0 Å². The number of rotatable bonds is 0. The van der Waals surface area contributed by atoms with E-state index in [2.05, 4.69) is 24.3 Å². The molecule has 14 heavy (non-hydrogen) atoms. The maximum absolute atomic E-state index is 5.23. The van der Waals surface area contributed by atoms with Gasteiger partial charge in [0.1, 0.15) is 6.61 Å². The van der Waals surface area contributed by atoms with Crippen molar-refractivity contribution in [1.82, 2.24) is 0 Å². The van der Waals surface area contributed by atoms with E-state index >= 15 is 0 Å². The fourth-order valence-electron chi connectivity index (χ4n) is 1.75. The molecule has 0 spiro atoms. The molecular formula is C13H9O. The summed E-state index contributed by atoms with van der Waals surface area (Å²) in [5.41, 5.74) is 2.36. The van der Waals surface area contributed by atoms with E-state index in [-0.39, 0.29) is 0 Å². The Labute approximate surface area is 82.6 Å². The first-order valence-electron chi connectivity index (χ1n) is 4.65. The number of hydrogen-bond acceptors (Lipinski definition) is 1. The third-order valence-electron chi connectivity index (χ3n) is 2.48. The first kappa shape index (κ1) is 7.63. The van der Waals surface area contributed by atoms with E-state index in [0.717, 1.165) is 10.9 Å². The van der Waals surface area contributed by atoms with Crippen molar-refractivity contribution in [2.75, 3.05) is 0 Å². The molecule has 1 heterocycles. The maximum atomic E-state index is 5.23. The van der Waals surface area contributed by atoms with Crippen LogP contribution in [0.3, 0.4) is 0 Å². The van der Waals surface area contributed by atoms with Crippen molar-refractivity contribution in [2.45, 2.75) is 6.61 Å². The van der Waals surface area contributed by atoms with Crippen LogP contribution in [0.2, 0.25) is 0 Å². The van der Waals surface area contributed by atoms with E-state index in [1.165, 1.54) is 10.9 Å². The summed E-state index contributed by atoms with van der Waals surface area (Å²) in [5.74, 6) is 0. The van der Waals surface area contributed by atoms with Crippen LogP contribution in [0.5, 0.6) is 0 Å². The Morgan fingerprint density at radius 3 is 3.14 bits per heavy atom. The number of fused-ring (bicyclic) bond motifs is 2. The molecule has 0 aliphatic carbocycles. The van der Waals surface area contributed by atoms with Crippen LogP contribution in [-0.2, 0) is 11.3 Å². The summed E-state index contributed by atoms with van der Waals surface area (Å²) in [7, 11) is 0. The zero-order valence-corrected chi connectivity index (χ0v) is 7.66. The zero-order chi connectivity index (χ0) is 9.38. The highest BCUT2D eigenvalue weighted by molar-refractivity contribution is 5.85. The molecule has 0 saturated carbocycles. The SMILES string of the molecule is [c]1c2c(cc3ccccc13)C=COC2. The molecule has 67 valence electrons. The van der Waals surface area contributed by atoms with Gasteiger partial charge < -0.3 is 4.74 Å². The zero-order valence-electron chi connectivity index (χ0n) is 7.66. The minimum Gasteiger partial charge on any atom is -0.496 e. The number of benzene rings is 2. The van der Waals surface area contributed by atoms with Crippen molar-refractivity contribution in [3.05, 3.63) is 53.8 Å². The molecule has 1 radical (unpaired) electrons. The fourth-order valence-corrected chi connectivity index (χ4v) is 1.75. The van der Waals surface area contributed by atoms with Crippen LogP contribution in [0.1, 0.15) is 11.1 Å². The molecule has 0 aromatic heterocycles. The van der Waals surface area contributed by atoms with Crippen LogP contribution in [-0.4, -0.2) is 0 Å². The summed E-state index contributed by atoms with van der Waals surface area (Å²) >= 11 is 0. The van der Waals surface area contributed by atoms with E-state index in [9.17, 15) is 0 Å². The van der Waals surface area contributed by atoms with Gasteiger partial charge in [-0.1, -0.05) is 24.3 Å². The Hall–Kier alpha value is -1.76. The van der Waals surface area contributed by atoms with Gasteiger partial charge >= 0.3 is 0 Å². The predicted octanol–water partition coefficient (Wildman–Crippen LogP) is 3.14. The van der Waals surface area contributed by atoms with Crippen LogP contribution in [0, 0.1) is 6.07 Å². The van der Waals surface area contributed by atoms with Gasteiger partial charge in [-0.05, 0) is 34.5 Å². The van der Waals surface area contributed by atoms with Gasteiger partial charge in [0.25, 0.3) is 0 Å². The van der Waals surface area contributed by atoms with Crippen molar-refractivity contribution in [3.8, 4) is 0 Å². The fraction of sp³-hybridized carbons (Fsp3) is 0.0769. The molecule has 0 saturated heterocycles. The van der Waals surface area contributed by atoms with Crippen LogP contribution >= 0.6 is 0 Å². The van der Waals surface area contributed by atoms with E-state index in [4.69, 9.17) is 4.74 Å². The van der Waals surface area contributed by atoms with Crippen molar-refractivity contribution >= 4 is 16.8 Å². The number of hydrogen-bond donors (Lipinski definition) is 0. The summed E-state index contributed by atoms with van der Waals surface area (Å²) < 4.78 is 5.23. The molecule has 2 aromatic rings. The van der Waals surface area contributed by atoms with Crippen LogP contribution < -0.4 is 0 Å². The van der Waals surface area contributed by atoms with Gasteiger partial charge in [0.15, 0.2) is 0 Å². The van der Waals surface area contributed by atoms with Gasteiger partial charge in [-0.25, -0.2) is 0 Å². The summed E-state index contributed by atoms with van der Waals surface area (Å²) in [6.07, 6.45) is 3.73.